The summed E-state index contributed by atoms with van der Waals surface area (Å²) >= 11 is 5.80. The second-order valence-electron chi connectivity index (χ2n) is 6.87. The lowest BCUT2D eigenvalue weighted by Gasteiger charge is -2.30. The van der Waals surface area contributed by atoms with E-state index in [1.54, 1.807) is 12.1 Å². The van der Waals surface area contributed by atoms with Crippen LogP contribution in [-0.4, -0.2) is 52.1 Å². The second kappa shape index (κ2) is 9.66. The third kappa shape index (κ3) is 6.03. The van der Waals surface area contributed by atoms with Crippen LogP contribution in [0.15, 0.2) is 30.6 Å². The molecule has 150 valence electrons. The van der Waals surface area contributed by atoms with E-state index in [0.717, 1.165) is 38.9 Å². The summed E-state index contributed by atoms with van der Waals surface area (Å²) in [5, 5.41) is 15.3. The van der Waals surface area contributed by atoms with E-state index in [-0.39, 0.29) is 11.6 Å². The summed E-state index contributed by atoms with van der Waals surface area (Å²) < 4.78 is 13.2. The highest BCUT2D eigenvalue weighted by atomic mass is 35.5. The molecule has 0 spiro atoms. The molecule has 1 saturated heterocycles. The number of carboxylic acids is 1. The number of likely N-dealkylation sites (tertiary alicyclic amines) is 1. The highest BCUT2D eigenvalue weighted by Gasteiger charge is 2.20. The van der Waals surface area contributed by atoms with Crippen LogP contribution in [0.25, 0.3) is 0 Å². The van der Waals surface area contributed by atoms with Crippen LogP contribution >= 0.6 is 11.6 Å². The Hall–Kier alpha value is -2.45. The van der Waals surface area contributed by atoms with Crippen LogP contribution in [0.1, 0.15) is 19.3 Å². The molecule has 3 N–H and O–H groups in total. The first-order valence-corrected chi connectivity index (χ1v) is 9.59. The van der Waals surface area contributed by atoms with Gasteiger partial charge in [-0.05, 0) is 56.5 Å². The van der Waals surface area contributed by atoms with Gasteiger partial charge in [0.05, 0.1) is 11.6 Å². The average molecular weight is 408 g/mol. The number of piperidine rings is 1. The normalized spacial score (nSPS) is 15.4. The Morgan fingerprint density at radius 1 is 1.25 bits per heavy atom. The van der Waals surface area contributed by atoms with Gasteiger partial charge in [-0.3, -0.25) is 9.69 Å². The number of benzene rings is 1. The number of rotatable bonds is 8. The van der Waals surface area contributed by atoms with E-state index in [1.807, 2.05) is 4.90 Å². The zero-order valence-corrected chi connectivity index (χ0v) is 16.1. The monoisotopic (exact) mass is 407 g/mol. The summed E-state index contributed by atoms with van der Waals surface area (Å²) in [6, 6.07) is 6.18. The second-order valence-corrected chi connectivity index (χ2v) is 7.28. The van der Waals surface area contributed by atoms with E-state index in [2.05, 4.69) is 20.6 Å². The molecule has 7 nitrogen and oxygen atoms in total. The Bertz CT molecular complexity index is 815. The van der Waals surface area contributed by atoms with Crippen molar-refractivity contribution in [3.63, 3.8) is 0 Å². The number of carbonyl (C=O) groups is 1. The van der Waals surface area contributed by atoms with E-state index >= 15 is 0 Å². The summed E-state index contributed by atoms with van der Waals surface area (Å²) in [7, 11) is 0. The van der Waals surface area contributed by atoms with Gasteiger partial charge in [-0.2, -0.15) is 0 Å². The molecular formula is C19H23ClFN5O2. The Balaban J connectivity index is 1.45. The summed E-state index contributed by atoms with van der Waals surface area (Å²) in [6.07, 6.45) is 4.48. The molecule has 28 heavy (non-hydrogen) atoms. The molecule has 0 radical (unpaired) electrons. The molecule has 0 amide bonds. The van der Waals surface area contributed by atoms with Gasteiger partial charge in [-0.25, -0.2) is 14.4 Å². The lowest BCUT2D eigenvalue weighted by Crippen LogP contribution is -2.37. The van der Waals surface area contributed by atoms with Gasteiger partial charge in [0.25, 0.3) is 0 Å². The molecule has 1 aromatic carbocycles. The van der Waals surface area contributed by atoms with Crippen LogP contribution in [0.5, 0.6) is 0 Å². The Morgan fingerprint density at radius 3 is 2.71 bits per heavy atom. The molecule has 0 saturated carbocycles. The standard InChI is InChI=1S/C19H23ClFN5O2/c20-15-9-14(1-2-16(15)21)25-18-10-17(23-12-24-18)22-6-3-13-4-7-26(8-5-13)11-19(27)28/h1-2,9-10,12-13H,3-8,11H2,(H,27,28)(H2,22,23,24,25). The van der Waals surface area contributed by atoms with E-state index in [4.69, 9.17) is 16.7 Å². The van der Waals surface area contributed by atoms with Gasteiger partial charge in [-0.1, -0.05) is 11.6 Å². The van der Waals surface area contributed by atoms with E-state index in [1.165, 1.54) is 18.5 Å². The van der Waals surface area contributed by atoms with Crippen molar-refractivity contribution in [2.24, 2.45) is 5.92 Å². The highest BCUT2D eigenvalue weighted by Crippen LogP contribution is 2.23. The molecule has 1 aromatic heterocycles. The Morgan fingerprint density at radius 2 is 2.00 bits per heavy atom. The minimum atomic E-state index is -0.767. The third-order valence-electron chi connectivity index (χ3n) is 4.78. The minimum Gasteiger partial charge on any atom is -0.480 e. The fourth-order valence-electron chi connectivity index (χ4n) is 3.27. The largest absolute Gasteiger partial charge is 0.480 e. The lowest BCUT2D eigenvalue weighted by atomic mass is 9.93. The van der Waals surface area contributed by atoms with Gasteiger partial charge in [0, 0.05) is 18.3 Å². The van der Waals surface area contributed by atoms with Crippen molar-refractivity contribution < 1.29 is 14.3 Å². The molecule has 2 heterocycles. The molecule has 0 unspecified atom stereocenters. The molecule has 1 aliphatic rings. The Labute approximate surface area is 167 Å². The number of hydrogen-bond donors (Lipinski definition) is 3. The zero-order valence-electron chi connectivity index (χ0n) is 15.4. The number of halogens is 2. The van der Waals surface area contributed by atoms with Crippen LogP contribution in [0.4, 0.5) is 21.7 Å². The number of nitrogens with one attached hydrogen (secondary N) is 2. The predicted octanol–water partition coefficient (Wildman–Crippen LogP) is 3.61. The zero-order chi connectivity index (χ0) is 19.9. The summed E-state index contributed by atoms with van der Waals surface area (Å²) in [5.41, 5.74) is 0.643. The molecule has 0 aliphatic carbocycles. The molecule has 0 atom stereocenters. The maximum absolute atomic E-state index is 13.2. The number of hydrogen-bond acceptors (Lipinski definition) is 6. The third-order valence-corrected chi connectivity index (χ3v) is 5.07. The topological polar surface area (TPSA) is 90.4 Å². The molecule has 1 aliphatic heterocycles. The van der Waals surface area contributed by atoms with Crippen molar-refractivity contribution in [1.82, 2.24) is 14.9 Å². The van der Waals surface area contributed by atoms with Gasteiger partial charge >= 0.3 is 5.97 Å². The first-order chi connectivity index (χ1) is 13.5. The van der Waals surface area contributed by atoms with E-state index in [9.17, 15) is 9.18 Å². The summed E-state index contributed by atoms with van der Waals surface area (Å²) in [6.45, 7) is 2.57. The number of nitrogens with zero attached hydrogens (tertiary/aromatic N) is 3. The van der Waals surface area contributed by atoms with Gasteiger partial charge in [-0.15, -0.1) is 0 Å². The average Bonchev–Trinajstić information content (AvgIpc) is 2.66. The number of anilines is 3. The maximum atomic E-state index is 13.2. The molecule has 3 rings (SSSR count). The smallest absolute Gasteiger partial charge is 0.317 e. The number of aromatic nitrogens is 2. The van der Waals surface area contributed by atoms with Crippen LogP contribution < -0.4 is 10.6 Å². The molecule has 2 aromatic rings. The van der Waals surface area contributed by atoms with E-state index < -0.39 is 11.8 Å². The number of carboxylic acid groups (broad SMARTS) is 1. The summed E-state index contributed by atoms with van der Waals surface area (Å²) in [5.74, 6) is 0.636. The van der Waals surface area contributed by atoms with Crippen LogP contribution in [-0.2, 0) is 4.79 Å². The van der Waals surface area contributed by atoms with Crippen LogP contribution in [0.2, 0.25) is 5.02 Å². The quantitative estimate of drug-likeness (QED) is 0.615. The SMILES string of the molecule is O=C(O)CN1CCC(CCNc2cc(Nc3ccc(F)c(Cl)c3)ncn2)CC1. The van der Waals surface area contributed by atoms with Crippen molar-refractivity contribution in [1.29, 1.82) is 0 Å². The van der Waals surface area contributed by atoms with Gasteiger partial charge in [0.1, 0.15) is 23.8 Å². The van der Waals surface area contributed by atoms with Crippen LogP contribution in [0.3, 0.4) is 0 Å². The highest BCUT2D eigenvalue weighted by molar-refractivity contribution is 6.31. The lowest BCUT2D eigenvalue weighted by molar-refractivity contribution is -0.138. The van der Waals surface area contributed by atoms with Gasteiger partial charge in [0.15, 0.2) is 0 Å². The maximum Gasteiger partial charge on any atom is 0.317 e. The molecule has 9 heteroatoms. The van der Waals surface area contributed by atoms with Crippen molar-refractivity contribution in [2.75, 3.05) is 36.8 Å². The fraction of sp³-hybridized carbons (Fsp3) is 0.421. The fourth-order valence-corrected chi connectivity index (χ4v) is 3.45. The first kappa shape index (κ1) is 20.3. The van der Waals surface area contributed by atoms with E-state index in [0.29, 0.717) is 23.2 Å². The minimum absolute atomic E-state index is 0.0480. The molecule has 0 bridgehead atoms. The van der Waals surface area contributed by atoms with Gasteiger partial charge in [0.2, 0.25) is 0 Å². The van der Waals surface area contributed by atoms with Crippen molar-refractivity contribution in [2.45, 2.75) is 19.3 Å². The van der Waals surface area contributed by atoms with Crippen LogP contribution in [0, 0.1) is 11.7 Å². The Kier molecular flexibility index (Phi) is 7.00. The summed E-state index contributed by atoms with van der Waals surface area (Å²) in [4.78, 5) is 21.1. The number of aliphatic carboxylic acids is 1. The molecule has 1 fully saturated rings. The van der Waals surface area contributed by atoms with Crippen molar-refractivity contribution >= 4 is 34.9 Å². The van der Waals surface area contributed by atoms with Crippen molar-refractivity contribution in [3.8, 4) is 0 Å². The predicted molar refractivity (Wildman–Crippen MR) is 107 cm³/mol. The first-order valence-electron chi connectivity index (χ1n) is 9.22. The molecular weight excluding hydrogens is 385 g/mol. The van der Waals surface area contributed by atoms with Crippen molar-refractivity contribution in [3.05, 3.63) is 41.4 Å². The van der Waals surface area contributed by atoms with Gasteiger partial charge < -0.3 is 15.7 Å².